The Labute approximate surface area is 128 Å². The molecule has 2 N–H and O–H groups in total. The lowest BCUT2D eigenvalue weighted by molar-refractivity contribution is -0.149. The van der Waals surface area contributed by atoms with Crippen molar-refractivity contribution in [1.29, 1.82) is 0 Å². The molecule has 0 aromatic carbocycles. The fourth-order valence-corrected chi connectivity index (χ4v) is 3.57. The summed E-state index contributed by atoms with van der Waals surface area (Å²) >= 11 is 0. The molecule has 0 radical (unpaired) electrons. The molecule has 0 aromatic rings. The summed E-state index contributed by atoms with van der Waals surface area (Å²) in [4.78, 5) is 12.2. The van der Waals surface area contributed by atoms with E-state index in [0.717, 1.165) is 5.92 Å². The predicted octanol–water partition coefficient (Wildman–Crippen LogP) is 2.50. The molecule has 4 heteroatoms. The van der Waals surface area contributed by atoms with Crippen LogP contribution in [0.2, 0.25) is 0 Å². The maximum Gasteiger partial charge on any atom is 0.252 e. The number of carbonyl (C=O) groups is 1. The van der Waals surface area contributed by atoms with Crippen molar-refractivity contribution in [3.05, 3.63) is 0 Å². The van der Waals surface area contributed by atoms with Crippen LogP contribution in [0, 0.1) is 17.3 Å². The van der Waals surface area contributed by atoms with Crippen LogP contribution in [-0.2, 0) is 9.53 Å². The molecule has 1 aliphatic heterocycles. The second kappa shape index (κ2) is 6.66. The third-order valence-corrected chi connectivity index (χ3v) is 5.37. The first-order chi connectivity index (χ1) is 9.81. The highest BCUT2D eigenvalue weighted by Crippen LogP contribution is 2.39. The minimum Gasteiger partial charge on any atom is -0.381 e. The zero-order chi connectivity index (χ0) is 15.5. The molecule has 1 saturated heterocycles. The molecule has 1 aliphatic carbocycles. The van der Waals surface area contributed by atoms with Crippen LogP contribution < -0.4 is 5.32 Å². The van der Waals surface area contributed by atoms with E-state index in [2.05, 4.69) is 26.1 Å². The van der Waals surface area contributed by atoms with E-state index in [-0.39, 0.29) is 5.91 Å². The van der Waals surface area contributed by atoms with Gasteiger partial charge in [-0.3, -0.25) is 4.79 Å². The number of hydrogen-bond acceptors (Lipinski definition) is 3. The standard InChI is InChI=1S/C17H31NO3/c1-16(2,3)14-6-4-13(5-7-14)12-18-15(19)17(20)8-10-21-11-9-17/h13-14,20H,4-12H2,1-3H3,(H,18,19). The lowest BCUT2D eigenvalue weighted by atomic mass is 9.70. The zero-order valence-electron chi connectivity index (χ0n) is 13.8. The van der Waals surface area contributed by atoms with Crippen LogP contribution in [0.4, 0.5) is 0 Å². The van der Waals surface area contributed by atoms with Crippen molar-refractivity contribution in [3.8, 4) is 0 Å². The number of ether oxygens (including phenoxy) is 1. The van der Waals surface area contributed by atoms with Gasteiger partial charge in [0, 0.05) is 32.6 Å². The first kappa shape index (κ1) is 16.8. The van der Waals surface area contributed by atoms with Gasteiger partial charge in [0.25, 0.3) is 5.91 Å². The zero-order valence-corrected chi connectivity index (χ0v) is 13.8. The topological polar surface area (TPSA) is 58.6 Å². The second-order valence-electron chi connectivity index (χ2n) is 7.94. The van der Waals surface area contributed by atoms with Gasteiger partial charge in [0.2, 0.25) is 0 Å². The van der Waals surface area contributed by atoms with Crippen molar-refractivity contribution in [2.75, 3.05) is 19.8 Å². The summed E-state index contributed by atoms with van der Waals surface area (Å²) in [6, 6.07) is 0. The summed E-state index contributed by atoms with van der Waals surface area (Å²) in [5.74, 6) is 1.16. The Morgan fingerprint density at radius 3 is 2.29 bits per heavy atom. The molecule has 0 bridgehead atoms. The summed E-state index contributed by atoms with van der Waals surface area (Å²) in [5, 5.41) is 13.3. The minimum atomic E-state index is -1.21. The molecule has 0 spiro atoms. The van der Waals surface area contributed by atoms with E-state index in [9.17, 15) is 9.90 Å². The van der Waals surface area contributed by atoms with E-state index >= 15 is 0 Å². The number of nitrogens with one attached hydrogen (secondary N) is 1. The average molecular weight is 297 g/mol. The van der Waals surface area contributed by atoms with Gasteiger partial charge in [-0.1, -0.05) is 20.8 Å². The smallest absolute Gasteiger partial charge is 0.252 e. The Morgan fingerprint density at radius 1 is 1.19 bits per heavy atom. The van der Waals surface area contributed by atoms with Crippen LogP contribution in [0.3, 0.4) is 0 Å². The van der Waals surface area contributed by atoms with Crippen molar-refractivity contribution in [2.24, 2.45) is 17.3 Å². The van der Waals surface area contributed by atoms with Gasteiger partial charge in [0.1, 0.15) is 5.60 Å². The minimum absolute atomic E-state index is 0.205. The Balaban J connectivity index is 1.73. The third kappa shape index (κ3) is 4.43. The van der Waals surface area contributed by atoms with Gasteiger partial charge in [-0.2, -0.15) is 0 Å². The van der Waals surface area contributed by atoms with E-state index < -0.39 is 5.60 Å². The van der Waals surface area contributed by atoms with Gasteiger partial charge in [0.05, 0.1) is 0 Å². The molecule has 21 heavy (non-hydrogen) atoms. The van der Waals surface area contributed by atoms with Crippen molar-refractivity contribution in [2.45, 2.75) is 64.9 Å². The molecule has 122 valence electrons. The van der Waals surface area contributed by atoms with Crippen molar-refractivity contribution in [1.82, 2.24) is 5.32 Å². The SMILES string of the molecule is CC(C)(C)C1CCC(CNC(=O)C2(O)CCOCC2)CC1. The first-order valence-electron chi connectivity index (χ1n) is 8.40. The molecule has 0 atom stereocenters. The normalized spacial score (nSPS) is 29.9. The summed E-state index contributed by atoms with van der Waals surface area (Å²) in [5.41, 5.74) is -0.813. The van der Waals surface area contributed by atoms with Crippen LogP contribution in [-0.4, -0.2) is 36.4 Å². The lowest BCUT2D eigenvalue weighted by Gasteiger charge is -2.37. The fourth-order valence-electron chi connectivity index (χ4n) is 3.57. The van der Waals surface area contributed by atoms with Gasteiger partial charge in [-0.25, -0.2) is 0 Å². The molecular weight excluding hydrogens is 266 g/mol. The fraction of sp³-hybridized carbons (Fsp3) is 0.941. The molecule has 0 unspecified atom stereocenters. The molecule has 2 aliphatic rings. The Morgan fingerprint density at radius 2 is 1.76 bits per heavy atom. The number of amides is 1. The van der Waals surface area contributed by atoms with Gasteiger partial charge < -0.3 is 15.2 Å². The van der Waals surface area contributed by atoms with Crippen molar-refractivity contribution < 1.29 is 14.6 Å². The van der Waals surface area contributed by atoms with Crippen molar-refractivity contribution >= 4 is 5.91 Å². The number of hydrogen-bond donors (Lipinski definition) is 2. The highest BCUT2D eigenvalue weighted by molar-refractivity contribution is 5.84. The van der Waals surface area contributed by atoms with Crippen molar-refractivity contribution in [3.63, 3.8) is 0 Å². The summed E-state index contributed by atoms with van der Waals surface area (Å²) < 4.78 is 5.21. The maximum atomic E-state index is 12.2. The van der Waals surface area contributed by atoms with Crippen LogP contribution >= 0.6 is 0 Å². The van der Waals surface area contributed by atoms with E-state index in [1.54, 1.807) is 0 Å². The van der Waals surface area contributed by atoms with E-state index in [4.69, 9.17) is 4.74 Å². The molecule has 2 fully saturated rings. The summed E-state index contributed by atoms with van der Waals surface area (Å²) in [7, 11) is 0. The van der Waals surface area contributed by atoms with E-state index in [1.165, 1.54) is 25.7 Å². The maximum absolute atomic E-state index is 12.2. The average Bonchev–Trinajstić information content (AvgIpc) is 2.45. The Kier molecular flexibility index (Phi) is 5.31. The Hall–Kier alpha value is -0.610. The Bertz CT molecular complexity index is 348. The van der Waals surface area contributed by atoms with Crippen LogP contribution in [0.5, 0.6) is 0 Å². The van der Waals surface area contributed by atoms with Gasteiger partial charge >= 0.3 is 0 Å². The molecule has 4 nitrogen and oxygen atoms in total. The predicted molar refractivity (Wildman–Crippen MR) is 82.9 cm³/mol. The second-order valence-corrected chi connectivity index (χ2v) is 7.94. The van der Waals surface area contributed by atoms with E-state index in [0.29, 0.717) is 43.9 Å². The molecule has 2 rings (SSSR count). The van der Waals surface area contributed by atoms with Crippen LogP contribution in [0.25, 0.3) is 0 Å². The van der Waals surface area contributed by atoms with Crippen LogP contribution in [0.1, 0.15) is 59.3 Å². The summed E-state index contributed by atoms with van der Waals surface area (Å²) in [6.07, 6.45) is 5.70. The third-order valence-electron chi connectivity index (χ3n) is 5.37. The number of rotatable bonds is 3. The number of carbonyl (C=O) groups excluding carboxylic acids is 1. The molecule has 1 heterocycles. The molecular formula is C17H31NO3. The highest BCUT2D eigenvalue weighted by atomic mass is 16.5. The van der Waals surface area contributed by atoms with Gasteiger partial charge in [0.15, 0.2) is 0 Å². The van der Waals surface area contributed by atoms with Gasteiger partial charge in [-0.15, -0.1) is 0 Å². The van der Waals surface area contributed by atoms with Gasteiger partial charge in [-0.05, 0) is 42.9 Å². The monoisotopic (exact) mass is 297 g/mol. The molecule has 1 amide bonds. The largest absolute Gasteiger partial charge is 0.381 e. The lowest BCUT2D eigenvalue weighted by Crippen LogP contribution is -2.51. The number of aliphatic hydroxyl groups is 1. The quantitative estimate of drug-likeness (QED) is 0.841. The summed E-state index contributed by atoms with van der Waals surface area (Å²) in [6.45, 7) is 8.61. The molecule has 0 aromatic heterocycles. The first-order valence-corrected chi connectivity index (χ1v) is 8.40. The highest BCUT2D eigenvalue weighted by Gasteiger charge is 2.38. The van der Waals surface area contributed by atoms with Crippen LogP contribution in [0.15, 0.2) is 0 Å². The molecule has 1 saturated carbocycles. The van der Waals surface area contributed by atoms with E-state index in [1.807, 2.05) is 0 Å².